The van der Waals surface area contributed by atoms with Crippen molar-refractivity contribution >= 4 is 12.0 Å². The van der Waals surface area contributed by atoms with Crippen molar-refractivity contribution in [1.29, 1.82) is 0 Å². The molecular formula is C11H19N3O3. The summed E-state index contributed by atoms with van der Waals surface area (Å²) < 4.78 is 0. The van der Waals surface area contributed by atoms with Crippen LogP contribution in [0.3, 0.4) is 0 Å². The van der Waals surface area contributed by atoms with E-state index in [1.165, 1.54) is 11.3 Å². The Morgan fingerprint density at radius 1 is 1.06 bits per heavy atom. The van der Waals surface area contributed by atoms with Crippen LogP contribution < -0.4 is 5.43 Å². The summed E-state index contributed by atoms with van der Waals surface area (Å²) in [5, 5.41) is 10.9. The first kappa shape index (κ1) is 12.2. The zero-order chi connectivity index (χ0) is 12.3. The van der Waals surface area contributed by atoms with Crippen molar-refractivity contribution in [3.05, 3.63) is 0 Å². The highest BCUT2D eigenvalue weighted by Crippen LogP contribution is 2.17. The number of urea groups is 1. The monoisotopic (exact) mass is 241 g/mol. The Bertz CT molecular complexity index is 302. The summed E-state index contributed by atoms with van der Waals surface area (Å²) in [6.45, 7) is 2.26. The second-order valence-electron chi connectivity index (χ2n) is 4.65. The third-order valence-electron chi connectivity index (χ3n) is 3.41. The van der Waals surface area contributed by atoms with Gasteiger partial charge in [-0.1, -0.05) is 6.42 Å². The Labute approximate surface area is 101 Å². The molecule has 0 saturated carbocycles. The van der Waals surface area contributed by atoms with E-state index in [1.807, 2.05) is 5.01 Å². The fourth-order valence-corrected chi connectivity index (χ4v) is 2.47. The fourth-order valence-electron chi connectivity index (χ4n) is 2.47. The van der Waals surface area contributed by atoms with Crippen LogP contribution in [0.5, 0.6) is 0 Å². The maximum atomic E-state index is 11.9. The van der Waals surface area contributed by atoms with Crippen LogP contribution >= 0.6 is 0 Å². The second-order valence-corrected chi connectivity index (χ2v) is 4.65. The van der Waals surface area contributed by atoms with E-state index in [2.05, 4.69) is 5.43 Å². The normalized spacial score (nSPS) is 25.9. The van der Waals surface area contributed by atoms with E-state index in [-0.39, 0.29) is 6.03 Å². The van der Waals surface area contributed by atoms with Gasteiger partial charge in [0.1, 0.15) is 6.04 Å². The summed E-state index contributed by atoms with van der Waals surface area (Å²) in [6.07, 6.45) is 4.70. The number of hydrogen-bond donors (Lipinski definition) is 2. The highest BCUT2D eigenvalue weighted by molar-refractivity contribution is 5.83. The molecule has 2 aliphatic heterocycles. The largest absolute Gasteiger partial charge is 0.480 e. The van der Waals surface area contributed by atoms with Crippen LogP contribution in [-0.2, 0) is 4.79 Å². The lowest BCUT2D eigenvalue weighted by Gasteiger charge is -2.30. The van der Waals surface area contributed by atoms with Gasteiger partial charge in [-0.3, -0.25) is 5.43 Å². The first-order valence-electron chi connectivity index (χ1n) is 6.23. The van der Waals surface area contributed by atoms with Gasteiger partial charge in [0.05, 0.1) is 0 Å². The quantitative estimate of drug-likeness (QED) is 0.744. The third-order valence-corrected chi connectivity index (χ3v) is 3.41. The van der Waals surface area contributed by atoms with Crippen molar-refractivity contribution in [2.24, 2.45) is 0 Å². The van der Waals surface area contributed by atoms with Crippen LogP contribution in [0.1, 0.15) is 32.1 Å². The zero-order valence-electron chi connectivity index (χ0n) is 9.89. The smallest absolute Gasteiger partial charge is 0.332 e. The third kappa shape index (κ3) is 2.88. The number of aliphatic carboxylic acids is 1. The van der Waals surface area contributed by atoms with Crippen LogP contribution in [0, 0.1) is 0 Å². The number of nitrogens with one attached hydrogen (secondary N) is 1. The fraction of sp³-hybridized carbons (Fsp3) is 0.818. The molecule has 2 saturated heterocycles. The van der Waals surface area contributed by atoms with Gasteiger partial charge < -0.3 is 10.0 Å². The molecule has 17 heavy (non-hydrogen) atoms. The summed E-state index contributed by atoms with van der Waals surface area (Å²) in [5.41, 5.74) is 2.80. The minimum atomic E-state index is -0.906. The Kier molecular flexibility index (Phi) is 3.83. The van der Waals surface area contributed by atoms with Gasteiger partial charge in [-0.05, 0) is 25.7 Å². The van der Waals surface area contributed by atoms with E-state index in [1.54, 1.807) is 0 Å². The van der Waals surface area contributed by atoms with Gasteiger partial charge in [0.25, 0.3) is 0 Å². The SMILES string of the molecule is O=C(O)[C@H]1CCCN1C(=O)NN1CCCCC1. The average molecular weight is 241 g/mol. The van der Waals surface area contributed by atoms with Crippen LogP contribution in [0.4, 0.5) is 4.79 Å². The van der Waals surface area contributed by atoms with Crippen molar-refractivity contribution in [3.8, 4) is 0 Å². The highest BCUT2D eigenvalue weighted by atomic mass is 16.4. The number of hydrogen-bond acceptors (Lipinski definition) is 3. The van der Waals surface area contributed by atoms with E-state index < -0.39 is 12.0 Å². The molecule has 0 aromatic rings. The molecule has 0 aromatic carbocycles. The molecule has 0 bridgehead atoms. The number of likely N-dealkylation sites (tertiary alicyclic amines) is 1. The van der Waals surface area contributed by atoms with E-state index in [9.17, 15) is 9.59 Å². The predicted molar refractivity (Wildman–Crippen MR) is 61.3 cm³/mol. The van der Waals surface area contributed by atoms with Crippen molar-refractivity contribution in [1.82, 2.24) is 15.3 Å². The molecule has 2 N–H and O–H groups in total. The van der Waals surface area contributed by atoms with E-state index in [4.69, 9.17) is 5.11 Å². The van der Waals surface area contributed by atoms with Crippen molar-refractivity contribution < 1.29 is 14.7 Å². The molecular weight excluding hydrogens is 222 g/mol. The molecule has 0 aromatic heterocycles. The molecule has 2 aliphatic rings. The number of rotatable bonds is 2. The summed E-state index contributed by atoms with van der Waals surface area (Å²) in [5.74, 6) is -0.906. The number of carboxylic acid groups (broad SMARTS) is 1. The minimum Gasteiger partial charge on any atom is -0.480 e. The van der Waals surface area contributed by atoms with Gasteiger partial charge in [0, 0.05) is 19.6 Å². The molecule has 2 rings (SSSR count). The molecule has 2 heterocycles. The lowest BCUT2D eigenvalue weighted by molar-refractivity contribution is -0.141. The van der Waals surface area contributed by atoms with Gasteiger partial charge in [0.15, 0.2) is 0 Å². The number of carbonyl (C=O) groups excluding carboxylic acids is 1. The number of hydrazine groups is 1. The van der Waals surface area contributed by atoms with Crippen LogP contribution in [-0.4, -0.2) is 52.7 Å². The number of amides is 2. The van der Waals surface area contributed by atoms with Crippen LogP contribution in [0.25, 0.3) is 0 Å². The Hall–Kier alpha value is -1.30. The highest BCUT2D eigenvalue weighted by Gasteiger charge is 2.34. The summed E-state index contributed by atoms with van der Waals surface area (Å²) in [4.78, 5) is 24.3. The number of piperidine rings is 1. The first-order valence-corrected chi connectivity index (χ1v) is 6.23. The van der Waals surface area contributed by atoms with Gasteiger partial charge in [-0.15, -0.1) is 0 Å². The van der Waals surface area contributed by atoms with E-state index in [0.29, 0.717) is 13.0 Å². The lowest BCUT2D eigenvalue weighted by Crippen LogP contribution is -2.53. The maximum Gasteiger partial charge on any atom is 0.332 e. The van der Waals surface area contributed by atoms with Gasteiger partial charge in [-0.2, -0.15) is 0 Å². The molecule has 0 aliphatic carbocycles. The summed E-state index contributed by atoms with van der Waals surface area (Å²) >= 11 is 0. The van der Waals surface area contributed by atoms with Crippen molar-refractivity contribution in [2.45, 2.75) is 38.1 Å². The molecule has 0 radical (unpaired) electrons. The number of carboxylic acids is 1. The predicted octanol–water partition coefficient (Wildman–Crippen LogP) is 0.646. The van der Waals surface area contributed by atoms with E-state index in [0.717, 1.165) is 32.4 Å². The molecule has 96 valence electrons. The molecule has 2 fully saturated rings. The first-order chi connectivity index (χ1) is 8.18. The molecule has 1 atom stereocenters. The zero-order valence-corrected chi connectivity index (χ0v) is 9.89. The molecule has 0 spiro atoms. The van der Waals surface area contributed by atoms with Gasteiger partial charge >= 0.3 is 12.0 Å². The average Bonchev–Trinajstić information content (AvgIpc) is 2.79. The van der Waals surface area contributed by atoms with Crippen molar-refractivity contribution in [2.75, 3.05) is 19.6 Å². The van der Waals surface area contributed by atoms with Crippen LogP contribution in [0.15, 0.2) is 0 Å². The topological polar surface area (TPSA) is 72.9 Å². The maximum absolute atomic E-state index is 11.9. The second kappa shape index (κ2) is 5.35. The van der Waals surface area contributed by atoms with Crippen LogP contribution in [0.2, 0.25) is 0 Å². The molecule has 0 unspecified atom stereocenters. The standard InChI is InChI=1S/C11H19N3O3/c15-10(16)9-5-4-8-14(9)11(17)12-13-6-2-1-3-7-13/h9H,1-8H2,(H,12,17)(H,15,16)/t9-/m1/s1. The Morgan fingerprint density at radius 3 is 2.41 bits per heavy atom. The molecule has 6 heteroatoms. The van der Waals surface area contributed by atoms with Gasteiger partial charge in [0.2, 0.25) is 0 Å². The lowest BCUT2D eigenvalue weighted by atomic mass is 10.2. The van der Waals surface area contributed by atoms with Gasteiger partial charge in [-0.25, -0.2) is 14.6 Å². The Morgan fingerprint density at radius 2 is 1.76 bits per heavy atom. The number of carbonyl (C=O) groups is 2. The number of nitrogens with zero attached hydrogens (tertiary/aromatic N) is 2. The minimum absolute atomic E-state index is 0.267. The molecule has 6 nitrogen and oxygen atoms in total. The molecule has 2 amide bonds. The Balaban J connectivity index is 1.88. The van der Waals surface area contributed by atoms with Crippen molar-refractivity contribution in [3.63, 3.8) is 0 Å². The van der Waals surface area contributed by atoms with E-state index >= 15 is 0 Å². The summed E-state index contributed by atoms with van der Waals surface area (Å²) in [7, 11) is 0. The summed E-state index contributed by atoms with van der Waals surface area (Å²) in [6, 6.07) is -0.920.